The summed E-state index contributed by atoms with van der Waals surface area (Å²) in [5, 5.41) is 8.37. The Bertz CT molecular complexity index is 1580. The molecule has 4 aromatic rings. The Morgan fingerprint density at radius 1 is 1.03 bits per heavy atom. The van der Waals surface area contributed by atoms with Crippen LogP contribution in [0.25, 0.3) is 10.8 Å². The second-order valence-corrected chi connectivity index (χ2v) is 10.1. The summed E-state index contributed by atoms with van der Waals surface area (Å²) in [6.07, 6.45) is 0.673. The van der Waals surface area contributed by atoms with Crippen molar-refractivity contribution in [2.75, 3.05) is 10.0 Å². The van der Waals surface area contributed by atoms with Crippen molar-refractivity contribution in [2.24, 2.45) is 0 Å². The summed E-state index contributed by atoms with van der Waals surface area (Å²) in [6, 6.07) is 17.5. The van der Waals surface area contributed by atoms with E-state index in [1.165, 1.54) is 16.8 Å². The maximum atomic E-state index is 13.3. The molecule has 0 saturated carbocycles. The molecule has 0 unspecified atom stereocenters. The first-order valence-electron chi connectivity index (χ1n) is 10.9. The molecule has 10 heteroatoms. The van der Waals surface area contributed by atoms with Crippen LogP contribution >= 0.6 is 11.6 Å². The van der Waals surface area contributed by atoms with E-state index in [1.807, 2.05) is 6.92 Å². The average molecular weight is 511 g/mol. The minimum absolute atomic E-state index is 0.0258. The third-order valence-electron chi connectivity index (χ3n) is 5.38. The number of amides is 1. The van der Waals surface area contributed by atoms with Crippen LogP contribution in [0.4, 0.5) is 11.4 Å². The first kappa shape index (κ1) is 24.4. The molecule has 1 heterocycles. The van der Waals surface area contributed by atoms with E-state index in [-0.39, 0.29) is 16.1 Å². The lowest BCUT2D eigenvalue weighted by atomic mass is 10.1. The highest BCUT2D eigenvalue weighted by atomic mass is 35.5. The summed E-state index contributed by atoms with van der Waals surface area (Å²) >= 11 is 5.87. The number of nitrogens with zero attached hydrogens (tertiary/aromatic N) is 2. The molecule has 1 amide bonds. The number of carbonyl (C=O) groups is 1. The van der Waals surface area contributed by atoms with Crippen LogP contribution in [-0.2, 0) is 16.6 Å². The second-order valence-electron chi connectivity index (χ2n) is 7.97. The molecule has 0 saturated heterocycles. The number of hydrogen-bond acceptors (Lipinski definition) is 5. The van der Waals surface area contributed by atoms with Gasteiger partial charge in [0.25, 0.3) is 21.5 Å². The minimum Gasteiger partial charge on any atom is -0.320 e. The van der Waals surface area contributed by atoms with Gasteiger partial charge in [0.2, 0.25) is 0 Å². The Hall–Kier alpha value is -3.69. The van der Waals surface area contributed by atoms with Crippen LogP contribution in [0.15, 0.2) is 76.4 Å². The van der Waals surface area contributed by atoms with Crippen molar-refractivity contribution >= 4 is 49.7 Å². The van der Waals surface area contributed by atoms with Crippen LogP contribution in [0.2, 0.25) is 5.02 Å². The van der Waals surface area contributed by atoms with E-state index in [0.29, 0.717) is 45.7 Å². The molecule has 0 spiro atoms. The largest absolute Gasteiger partial charge is 0.320 e. The summed E-state index contributed by atoms with van der Waals surface area (Å²) in [4.78, 5) is 26.0. The summed E-state index contributed by atoms with van der Waals surface area (Å²) in [6.45, 7) is 4.03. The van der Waals surface area contributed by atoms with Gasteiger partial charge in [-0.3, -0.25) is 14.3 Å². The molecule has 35 heavy (non-hydrogen) atoms. The number of hydrogen-bond donors (Lipinski definition) is 2. The van der Waals surface area contributed by atoms with Gasteiger partial charge in [-0.05, 0) is 61.4 Å². The Labute approximate surface area is 207 Å². The van der Waals surface area contributed by atoms with Crippen molar-refractivity contribution in [3.05, 3.63) is 93.4 Å². The Balaban J connectivity index is 1.69. The SMILES string of the molecule is CCCn1nc(C(=O)Nc2cc(S(=O)(=O)Nc3ccc(Cl)cc3)ccc2C)c2ccccc2c1=O. The molecule has 180 valence electrons. The van der Waals surface area contributed by atoms with Gasteiger partial charge >= 0.3 is 0 Å². The van der Waals surface area contributed by atoms with Gasteiger partial charge in [-0.15, -0.1) is 0 Å². The molecule has 0 radical (unpaired) electrons. The number of nitrogens with one attached hydrogen (secondary N) is 2. The topological polar surface area (TPSA) is 110 Å². The van der Waals surface area contributed by atoms with Crippen molar-refractivity contribution in [2.45, 2.75) is 31.7 Å². The van der Waals surface area contributed by atoms with Gasteiger partial charge in [-0.2, -0.15) is 5.10 Å². The van der Waals surface area contributed by atoms with E-state index in [1.54, 1.807) is 61.5 Å². The van der Waals surface area contributed by atoms with Crippen molar-refractivity contribution < 1.29 is 13.2 Å². The van der Waals surface area contributed by atoms with Crippen molar-refractivity contribution in [1.82, 2.24) is 9.78 Å². The molecule has 0 atom stereocenters. The second kappa shape index (κ2) is 9.89. The Morgan fingerprint density at radius 2 is 1.71 bits per heavy atom. The number of benzene rings is 3. The summed E-state index contributed by atoms with van der Waals surface area (Å²) < 4.78 is 29.6. The highest BCUT2D eigenvalue weighted by molar-refractivity contribution is 7.92. The molecule has 0 aliphatic carbocycles. The molecular formula is C25H23ClN4O4S. The highest BCUT2D eigenvalue weighted by Gasteiger charge is 2.20. The van der Waals surface area contributed by atoms with Gasteiger partial charge in [-0.1, -0.05) is 42.8 Å². The first-order valence-corrected chi connectivity index (χ1v) is 12.8. The van der Waals surface area contributed by atoms with Crippen LogP contribution in [0.3, 0.4) is 0 Å². The van der Waals surface area contributed by atoms with E-state index >= 15 is 0 Å². The summed E-state index contributed by atoms with van der Waals surface area (Å²) in [5.74, 6) is -0.547. The first-order chi connectivity index (χ1) is 16.7. The predicted molar refractivity (Wildman–Crippen MR) is 138 cm³/mol. The predicted octanol–water partition coefficient (Wildman–Crippen LogP) is 4.82. The molecule has 4 rings (SSSR count). The fourth-order valence-corrected chi connectivity index (χ4v) is 4.79. The molecular weight excluding hydrogens is 488 g/mol. The molecule has 2 N–H and O–H groups in total. The maximum Gasteiger partial charge on any atom is 0.276 e. The number of fused-ring (bicyclic) bond motifs is 1. The van der Waals surface area contributed by atoms with Crippen LogP contribution in [0.1, 0.15) is 29.4 Å². The van der Waals surface area contributed by atoms with E-state index in [2.05, 4.69) is 15.1 Å². The number of rotatable bonds is 7. The highest BCUT2D eigenvalue weighted by Crippen LogP contribution is 2.24. The van der Waals surface area contributed by atoms with Gasteiger partial charge in [0.15, 0.2) is 5.69 Å². The fourth-order valence-electron chi connectivity index (χ4n) is 3.58. The van der Waals surface area contributed by atoms with Gasteiger partial charge in [0, 0.05) is 28.3 Å². The average Bonchev–Trinajstić information content (AvgIpc) is 2.83. The quantitative estimate of drug-likeness (QED) is 0.370. The number of carbonyl (C=O) groups excluding carboxylic acids is 1. The standard InChI is InChI=1S/C25H23ClN4O4S/c1-3-14-30-25(32)21-7-5-4-6-20(21)23(28-30)24(31)27-22-15-19(13-8-16(22)2)35(33,34)29-18-11-9-17(26)10-12-18/h4-13,15,29H,3,14H2,1-2H3,(H,27,31). The number of sulfonamides is 1. The molecule has 1 aromatic heterocycles. The zero-order valence-corrected chi connectivity index (χ0v) is 20.7. The third kappa shape index (κ3) is 5.21. The fraction of sp³-hybridized carbons (Fsp3) is 0.160. The minimum atomic E-state index is -3.93. The summed E-state index contributed by atoms with van der Waals surface area (Å²) in [7, 11) is -3.93. The molecule has 8 nitrogen and oxygen atoms in total. The zero-order valence-electron chi connectivity index (χ0n) is 19.1. The van der Waals surface area contributed by atoms with Gasteiger partial charge in [-0.25, -0.2) is 13.1 Å². The van der Waals surface area contributed by atoms with Gasteiger partial charge in [0.1, 0.15) is 0 Å². The molecule has 3 aromatic carbocycles. The van der Waals surface area contributed by atoms with Crippen LogP contribution in [0.5, 0.6) is 0 Å². The lowest BCUT2D eigenvalue weighted by Gasteiger charge is -2.14. The van der Waals surface area contributed by atoms with E-state index in [4.69, 9.17) is 11.6 Å². The number of aryl methyl sites for hydroxylation is 2. The van der Waals surface area contributed by atoms with Crippen molar-refractivity contribution in [3.63, 3.8) is 0 Å². The van der Waals surface area contributed by atoms with Crippen molar-refractivity contribution in [1.29, 1.82) is 0 Å². The molecule has 0 bridgehead atoms. The molecule has 0 fully saturated rings. The van der Waals surface area contributed by atoms with E-state index < -0.39 is 15.9 Å². The van der Waals surface area contributed by atoms with Crippen molar-refractivity contribution in [3.8, 4) is 0 Å². The lowest BCUT2D eigenvalue weighted by Crippen LogP contribution is -2.27. The lowest BCUT2D eigenvalue weighted by molar-refractivity contribution is 0.102. The normalized spacial score (nSPS) is 11.4. The number of anilines is 2. The molecule has 0 aliphatic heterocycles. The Kier molecular flexibility index (Phi) is 6.90. The molecule has 0 aliphatic rings. The number of aromatic nitrogens is 2. The maximum absolute atomic E-state index is 13.3. The summed E-state index contributed by atoms with van der Waals surface area (Å²) in [5.41, 5.74) is 1.15. The smallest absolute Gasteiger partial charge is 0.276 e. The third-order valence-corrected chi connectivity index (χ3v) is 7.01. The Morgan fingerprint density at radius 3 is 2.40 bits per heavy atom. The van der Waals surface area contributed by atoms with Crippen LogP contribution in [0, 0.1) is 6.92 Å². The van der Waals surface area contributed by atoms with E-state index in [0.717, 1.165) is 0 Å². The van der Waals surface area contributed by atoms with Crippen LogP contribution in [-0.4, -0.2) is 24.1 Å². The monoisotopic (exact) mass is 510 g/mol. The van der Waals surface area contributed by atoms with Gasteiger partial charge in [0.05, 0.1) is 10.3 Å². The van der Waals surface area contributed by atoms with E-state index in [9.17, 15) is 18.0 Å². The van der Waals surface area contributed by atoms with Crippen LogP contribution < -0.4 is 15.6 Å². The number of halogens is 1. The zero-order chi connectivity index (χ0) is 25.2. The van der Waals surface area contributed by atoms with Gasteiger partial charge < -0.3 is 5.32 Å².